The molecule has 0 aliphatic rings. The maximum atomic E-state index is 12.2. The van der Waals surface area contributed by atoms with Crippen LogP contribution in [0.5, 0.6) is 5.88 Å². The van der Waals surface area contributed by atoms with E-state index in [1.165, 1.54) is 12.5 Å². The van der Waals surface area contributed by atoms with E-state index in [4.69, 9.17) is 16.3 Å². The van der Waals surface area contributed by atoms with E-state index in [2.05, 4.69) is 20.3 Å². The Labute approximate surface area is 141 Å². The molecule has 0 unspecified atom stereocenters. The predicted octanol–water partition coefficient (Wildman–Crippen LogP) is 3.93. The van der Waals surface area contributed by atoms with Crippen LogP contribution in [-0.4, -0.2) is 28.0 Å². The van der Waals surface area contributed by atoms with Crippen LogP contribution in [0.3, 0.4) is 0 Å². The second kappa shape index (κ2) is 7.35. The Balaban J connectivity index is 1.73. The van der Waals surface area contributed by atoms with Crippen molar-refractivity contribution in [3.8, 4) is 5.88 Å². The number of ether oxygens (including phenoxy) is 1. The minimum absolute atomic E-state index is 0.161. The Kier molecular flexibility index (Phi) is 5.00. The number of nitrogens with zero attached hydrogens (tertiary/aromatic N) is 3. The lowest BCUT2D eigenvalue weighted by atomic mass is 10.2. The fraction of sp³-hybridized carbons (Fsp3) is 0.188. The monoisotopic (exact) mass is 350 g/mol. The second-order valence-corrected chi connectivity index (χ2v) is 5.38. The summed E-state index contributed by atoms with van der Waals surface area (Å²) < 4.78 is 29.3. The molecule has 0 aliphatic carbocycles. The van der Waals surface area contributed by atoms with Gasteiger partial charge < -0.3 is 10.1 Å². The minimum Gasteiger partial charge on any atom is -0.472 e. The van der Waals surface area contributed by atoms with Crippen molar-refractivity contribution in [2.75, 3.05) is 11.9 Å². The van der Waals surface area contributed by atoms with Crippen LogP contribution in [0, 0.1) is 0 Å². The summed E-state index contributed by atoms with van der Waals surface area (Å²) in [6.45, 7) is -0.247. The fourth-order valence-corrected chi connectivity index (χ4v) is 2.31. The summed E-state index contributed by atoms with van der Waals surface area (Å²) in [4.78, 5) is 12.3. The molecule has 0 amide bonds. The van der Waals surface area contributed by atoms with Crippen LogP contribution >= 0.6 is 11.6 Å². The molecule has 2 aromatic heterocycles. The van der Waals surface area contributed by atoms with Gasteiger partial charge in [0.15, 0.2) is 6.61 Å². The van der Waals surface area contributed by atoms with Crippen LogP contribution in [0.4, 0.5) is 14.6 Å². The first-order valence-electron chi connectivity index (χ1n) is 7.12. The summed E-state index contributed by atoms with van der Waals surface area (Å²) in [5.74, 6) is 0.817. The van der Waals surface area contributed by atoms with E-state index in [0.29, 0.717) is 17.4 Å². The third kappa shape index (κ3) is 4.05. The van der Waals surface area contributed by atoms with Crippen molar-refractivity contribution in [1.82, 2.24) is 15.0 Å². The number of anilines is 1. The molecule has 2 heterocycles. The molecule has 5 nitrogen and oxygen atoms in total. The first-order valence-corrected chi connectivity index (χ1v) is 7.49. The lowest BCUT2D eigenvalue weighted by Crippen LogP contribution is -2.08. The molecule has 1 aromatic carbocycles. The highest BCUT2D eigenvalue weighted by atomic mass is 35.5. The number of alkyl halides is 2. The van der Waals surface area contributed by atoms with Crippen molar-refractivity contribution >= 4 is 28.3 Å². The average Bonchev–Trinajstić information content (AvgIpc) is 2.58. The van der Waals surface area contributed by atoms with Gasteiger partial charge in [-0.3, -0.25) is 0 Å². The predicted molar refractivity (Wildman–Crippen MR) is 87.6 cm³/mol. The van der Waals surface area contributed by atoms with Crippen LogP contribution in [0.25, 0.3) is 10.9 Å². The zero-order valence-electron chi connectivity index (χ0n) is 12.4. The van der Waals surface area contributed by atoms with Crippen molar-refractivity contribution in [2.45, 2.75) is 13.0 Å². The topological polar surface area (TPSA) is 59.9 Å². The zero-order valence-corrected chi connectivity index (χ0v) is 13.2. The highest BCUT2D eigenvalue weighted by molar-refractivity contribution is 6.31. The van der Waals surface area contributed by atoms with E-state index in [1.54, 1.807) is 24.3 Å². The standard InChI is InChI=1S/C16H13ClF2N4O/c17-11-1-2-12-13(6-11)22-9-23-16(12)21-7-10-3-4-20-15(5-10)24-8-14(18)19/h1-6,9,14H,7-8H2,(H,21,22,23). The molecular weight excluding hydrogens is 338 g/mol. The molecule has 0 bridgehead atoms. The third-order valence-corrected chi connectivity index (χ3v) is 3.45. The molecule has 0 atom stereocenters. The molecule has 0 fully saturated rings. The van der Waals surface area contributed by atoms with Gasteiger partial charge in [0.1, 0.15) is 12.1 Å². The molecule has 0 aliphatic heterocycles. The van der Waals surface area contributed by atoms with Gasteiger partial charge in [-0.15, -0.1) is 0 Å². The summed E-state index contributed by atoms with van der Waals surface area (Å²) in [5.41, 5.74) is 1.56. The van der Waals surface area contributed by atoms with Crippen molar-refractivity contribution in [3.63, 3.8) is 0 Å². The molecule has 0 radical (unpaired) electrons. The molecule has 0 saturated carbocycles. The Morgan fingerprint density at radius 1 is 1.12 bits per heavy atom. The van der Waals surface area contributed by atoms with Crippen molar-refractivity contribution in [2.24, 2.45) is 0 Å². The smallest absolute Gasteiger partial charge is 0.272 e. The summed E-state index contributed by atoms with van der Waals surface area (Å²) >= 11 is 5.96. The van der Waals surface area contributed by atoms with E-state index in [-0.39, 0.29) is 5.88 Å². The van der Waals surface area contributed by atoms with E-state index in [0.717, 1.165) is 16.5 Å². The Hall–Kier alpha value is -2.54. The van der Waals surface area contributed by atoms with Crippen LogP contribution < -0.4 is 10.1 Å². The molecular formula is C16H13ClF2N4O. The Morgan fingerprint density at radius 2 is 2.00 bits per heavy atom. The maximum absolute atomic E-state index is 12.2. The first-order chi connectivity index (χ1) is 11.6. The van der Waals surface area contributed by atoms with Gasteiger partial charge in [-0.2, -0.15) is 0 Å². The summed E-state index contributed by atoms with van der Waals surface area (Å²) in [6.07, 6.45) is 0.424. The summed E-state index contributed by atoms with van der Waals surface area (Å²) in [5, 5.41) is 4.63. The molecule has 124 valence electrons. The molecule has 8 heteroatoms. The largest absolute Gasteiger partial charge is 0.472 e. The molecule has 3 aromatic rings. The number of halogens is 3. The number of benzene rings is 1. The van der Waals surface area contributed by atoms with Crippen LogP contribution in [0.15, 0.2) is 42.9 Å². The van der Waals surface area contributed by atoms with Crippen molar-refractivity contribution < 1.29 is 13.5 Å². The maximum Gasteiger partial charge on any atom is 0.272 e. The van der Waals surface area contributed by atoms with Gasteiger partial charge in [0.2, 0.25) is 5.88 Å². The quantitative estimate of drug-likeness (QED) is 0.729. The Morgan fingerprint density at radius 3 is 2.83 bits per heavy atom. The van der Waals surface area contributed by atoms with Gasteiger partial charge >= 0.3 is 0 Å². The van der Waals surface area contributed by atoms with E-state index < -0.39 is 13.0 Å². The van der Waals surface area contributed by atoms with Crippen molar-refractivity contribution in [1.29, 1.82) is 0 Å². The lowest BCUT2D eigenvalue weighted by Gasteiger charge is -2.10. The summed E-state index contributed by atoms with van der Waals surface area (Å²) in [7, 11) is 0. The van der Waals surface area contributed by atoms with E-state index >= 15 is 0 Å². The molecule has 1 N–H and O–H groups in total. The number of pyridine rings is 1. The van der Waals surface area contributed by atoms with E-state index in [1.807, 2.05) is 6.07 Å². The average molecular weight is 351 g/mol. The van der Waals surface area contributed by atoms with Gasteiger partial charge in [0.25, 0.3) is 6.43 Å². The van der Waals surface area contributed by atoms with Gasteiger partial charge in [-0.05, 0) is 29.8 Å². The molecule has 0 spiro atoms. The highest BCUT2D eigenvalue weighted by Crippen LogP contribution is 2.23. The Bertz CT molecular complexity index is 847. The van der Waals surface area contributed by atoms with Gasteiger partial charge in [0.05, 0.1) is 5.52 Å². The normalized spacial score (nSPS) is 11.0. The van der Waals surface area contributed by atoms with Crippen molar-refractivity contribution in [3.05, 3.63) is 53.4 Å². The van der Waals surface area contributed by atoms with Gasteiger partial charge in [-0.1, -0.05) is 11.6 Å². The highest BCUT2D eigenvalue weighted by Gasteiger charge is 2.07. The van der Waals surface area contributed by atoms with Crippen LogP contribution in [-0.2, 0) is 6.54 Å². The van der Waals surface area contributed by atoms with Crippen LogP contribution in [0.1, 0.15) is 5.56 Å². The minimum atomic E-state index is -2.53. The number of nitrogens with one attached hydrogen (secondary N) is 1. The van der Waals surface area contributed by atoms with E-state index in [9.17, 15) is 8.78 Å². The van der Waals surface area contributed by atoms with Crippen LogP contribution in [0.2, 0.25) is 5.02 Å². The fourth-order valence-electron chi connectivity index (χ4n) is 2.14. The van der Waals surface area contributed by atoms with Gasteiger partial charge in [-0.25, -0.2) is 23.7 Å². The SMILES string of the molecule is FC(F)COc1cc(CNc2ncnc3cc(Cl)ccc23)ccn1. The summed E-state index contributed by atoms with van der Waals surface area (Å²) in [6, 6.07) is 8.73. The number of rotatable bonds is 6. The number of aromatic nitrogens is 3. The van der Waals surface area contributed by atoms with Gasteiger partial charge in [0, 0.05) is 29.2 Å². The lowest BCUT2D eigenvalue weighted by molar-refractivity contribution is 0.0795. The zero-order chi connectivity index (χ0) is 16.9. The molecule has 0 saturated heterocycles. The molecule has 24 heavy (non-hydrogen) atoms. The first kappa shape index (κ1) is 16.3. The number of hydrogen-bond acceptors (Lipinski definition) is 5. The number of hydrogen-bond donors (Lipinski definition) is 1. The third-order valence-electron chi connectivity index (χ3n) is 3.21. The molecule has 3 rings (SSSR count). The second-order valence-electron chi connectivity index (χ2n) is 4.94. The number of fused-ring (bicyclic) bond motifs is 1.